The molecule has 0 aromatic heterocycles. The van der Waals surface area contributed by atoms with Crippen molar-refractivity contribution in [2.45, 2.75) is 6.54 Å². The minimum atomic E-state index is -1.57. The van der Waals surface area contributed by atoms with Crippen molar-refractivity contribution >= 4 is 11.6 Å². The lowest BCUT2D eigenvalue weighted by molar-refractivity contribution is -0.119. The van der Waals surface area contributed by atoms with Crippen LogP contribution in [0, 0.1) is 17.5 Å². The summed E-state index contributed by atoms with van der Waals surface area (Å²) in [5.74, 6) is -4.56. The van der Waals surface area contributed by atoms with Crippen molar-refractivity contribution in [3.63, 3.8) is 0 Å². The maximum atomic E-state index is 13.4. The number of halogens is 3. The Balaban J connectivity index is 1.86. The third-order valence-electron chi connectivity index (χ3n) is 2.81. The summed E-state index contributed by atoms with van der Waals surface area (Å²) in [6.45, 7) is 0.0937. The van der Waals surface area contributed by atoms with Crippen LogP contribution in [0.2, 0.25) is 0 Å². The molecule has 0 aliphatic carbocycles. The van der Waals surface area contributed by atoms with Crippen molar-refractivity contribution in [2.75, 3.05) is 11.9 Å². The molecule has 0 unspecified atom stereocenters. The Labute approximate surface area is 119 Å². The molecular formula is C15H13F3N2O. The van der Waals surface area contributed by atoms with Crippen LogP contribution < -0.4 is 10.6 Å². The van der Waals surface area contributed by atoms with Crippen molar-refractivity contribution in [1.82, 2.24) is 5.32 Å². The monoisotopic (exact) mass is 294 g/mol. The van der Waals surface area contributed by atoms with Gasteiger partial charge in [0, 0.05) is 6.54 Å². The molecule has 2 rings (SSSR count). The van der Waals surface area contributed by atoms with Crippen molar-refractivity contribution in [3.05, 3.63) is 65.5 Å². The molecule has 0 fully saturated rings. The van der Waals surface area contributed by atoms with E-state index in [2.05, 4.69) is 10.6 Å². The van der Waals surface area contributed by atoms with E-state index in [1.54, 1.807) is 0 Å². The SMILES string of the molecule is O=C(CNc1ccc(F)c(F)c1F)NCc1ccccc1. The van der Waals surface area contributed by atoms with E-state index in [0.717, 1.165) is 17.7 Å². The second-order valence-electron chi connectivity index (χ2n) is 4.34. The quantitative estimate of drug-likeness (QED) is 0.833. The van der Waals surface area contributed by atoms with E-state index in [0.29, 0.717) is 6.54 Å². The normalized spacial score (nSPS) is 10.2. The molecule has 2 N–H and O–H groups in total. The van der Waals surface area contributed by atoms with Gasteiger partial charge in [0.25, 0.3) is 0 Å². The average molecular weight is 294 g/mol. The van der Waals surface area contributed by atoms with Gasteiger partial charge in [-0.1, -0.05) is 30.3 Å². The first-order valence-corrected chi connectivity index (χ1v) is 6.26. The Morgan fingerprint density at radius 1 is 0.952 bits per heavy atom. The summed E-state index contributed by atoms with van der Waals surface area (Å²) in [7, 11) is 0. The molecule has 0 atom stereocenters. The van der Waals surface area contributed by atoms with Crippen LogP contribution in [0.1, 0.15) is 5.56 Å². The van der Waals surface area contributed by atoms with Gasteiger partial charge in [-0.3, -0.25) is 4.79 Å². The van der Waals surface area contributed by atoms with Crippen molar-refractivity contribution in [1.29, 1.82) is 0 Å². The number of rotatable bonds is 5. The van der Waals surface area contributed by atoms with E-state index in [1.807, 2.05) is 30.3 Å². The molecule has 0 heterocycles. The zero-order valence-corrected chi connectivity index (χ0v) is 11.0. The molecule has 0 aliphatic rings. The van der Waals surface area contributed by atoms with E-state index in [9.17, 15) is 18.0 Å². The van der Waals surface area contributed by atoms with E-state index in [1.165, 1.54) is 0 Å². The summed E-state index contributed by atoms with van der Waals surface area (Å²) in [6, 6.07) is 11.1. The fourth-order valence-corrected chi connectivity index (χ4v) is 1.70. The summed E-state index contributed by atoms with van der Waals surface area (Å²) in [5.41, 5.74) is 0.661. The predicted molar refractivity (Wildman–Crippen MR) is 73.1 cm³/mol. The van der Waals surface area contributed by atoms with Gasteiger partial charge in [0.1, 0.15) is 0 Å². The van der Waals surface area contributed by atoms with Crippen LogP contribution >= 0.6 is 0 Å². The topological polar surface area (TPSA) is 41.1 Å². The number of carbonyl (C=O) groups excluding carboxylic acids is 1. The minimum Gasteiger partial charge on any atom is -0.374 e. The first-order chi connectivity index (χ1) is 10.1. The molecule has 0 radical (unpaired) electrons. The smallest absolute Gasteiger partial charge is 0.239 e. The highest BCUT2D eigenvalue weighted by Gasteiger charge is 2.13. The average Bonchev–Trinajstić information content (AvgIpc) is 2.51. The third kappa shape index (κ3) is 3.98. The van der Waals surface area contributed by atoms with Gasteiger partial charge in [-0.2, -0.15) is 0 Å². The highest BCUT2D eigenvalue weighted by Crippen LogP contribution is 2.19. The van der Waals surface area contributed by atoms with Gasteiger partial charge < -0.3 is 10.6 Å². The van der Waals surface area contributed by atoms with Crippen LogP contribution in [-0.4, -0.2) is 12.5 Å². The molecule has 2 aromatic rings. The predicted octanol–water partition coefficient (Wildman–Crippen LogP) is 2.83. The van der Waals surface area contributed by atoms with Crippen LogP contribution in [0.15, 0.2) is 42.5 Å². The fourth-order valence-electron chi connectivity index (χ4n) is 1.70. The van der Waals surface area contributed by atoms with Crippen molar-refractivity contribution in [3.8, 4) is 0 Å². The first kappa shape index (κ1) is 14.9. The molecule has 0 bridgehead atoms. The van der Waals surface area contributed by atoms with Gasteiger partial charge >= 0.3 is 0 Å². The van der Waals surface area contributed by atoms with E-state index >= 15 is 0 Å². The van der Waals surface area contributed by atoms with Crippen LogP contribution in [0.5, 0.6) is 0 Å². The molecule has 2 aromatic carbocycles. The highest BCUT2D eigenvalue weighted by molar-refractivity contribution is 5.80. The molecular weight excluding hydrogens is 281 g/mol. The zero-order valence-electron chi connectivity index (χ0n) is 11.0. The lowest BCUT2D eigenvalue weighted by Crippen LogP contribution is -2.29. The molecule has 110 valence electrons. The summed E-state index contributed by atoms with van der Waals surface area (Å²) in [5, 5.41) is 5.05. The summed E-state index contributed by atoms with van der Waals surface area (Å²) < 4.78 is 39.1. The highest BCUT2D eigenvalue weighted by atomic mass is 19.2. The molecule has 21 heavy (non-hydrogen) atoms. The van der Waals surface area contributed by atoms with Crippen LogP contribution in [0.4, 0.5) is 18.9 Å². The molecule has 0 saturated carbocycles. The Morgan fingerprint density at radius 2 is 1.67 bits per heavy atom. The molecule has 1 amide bonds. The lowest BCUT2D eigenvalue weighted by atomic mass is 10.2. The number of hydrogen-bond donors (Lipinski definition) is 2. The van der Waals surface area contributed by atoms with Crippen molar-refractivity contribution in [2.24, 2.45) is 0 Å². The number of anilines is 1. The van der Waals surface area contributed by atoms with Gasteiger partial charge in [-0.25, -0.2) is 13.2 Å². The van der Waals surface area contributed by atoms with Crippen molar-refractivity contribution < 1.29 is 18.0 Å². The summed E-state index contributed by atoms with van der Waals surface area (Å²) in [4.78, 5) is 11.6. The van der Waals surface area contributed by atoms with Gasteiger partial charge in [0.05, 0.1) is 12.2 Å². The maximum absolute atomic E-state index is 13.4. The van der Waals surface area contributed by atoms with E-state index < -0.39 is 17.5 Å². The van der Waals surface area contributed by atoms with Gasteiger partial charge in [0.2, 0.25) is 5.91 Å². The van der Waals surface area contributed by atoms with Gasteiger partial charge in [-0.15, -0.1) is 0 Å². The van der Waals surface area contributed by atoms with Gasteiger partial charge in [-0.05, 0) is 17.7 Å². The molecule has 3 nitrogen and oxygen atoms in total. The first-order valence-electron chi connectivity index (χ1n) is 6.26. The molecule has 6 heteroatoms. The number of benzene rings is 2. The van der Waals surface area contributed by atoms with Gasteiger partial charge in [0.15, 0.2) is 17.5 Å². The number of nitrogens with one attached hydrogen (secondary N) is 2. The zero-order chi connectivity index (χ0) is 15.2. The number of hydrogen-bond acceptors (Lipinski definition) is 2. The van der Waals surface area contributed by atoms with E-state index in [4.69, 9.17) is 0 Å². The summed E-state index contributed by atoms with van der Waals surface area (Å²) in [6.07, 6.45) is 0. The van der Waals surface area contributed by atoms with E-state index in [-0.39, 0.29) is 18.1 Å². The Bertz CT molecular complexity index is 632. The minimum absolute atomic E-state index is 0.241. The second kappa shape index (κ2) is 6.78. The number of amides is 1. The Morgan fingerprint density at radius 3 is 2.38 bits per heavy atom. The Hall–Kier alpha value is -2.50. The molecule has 0 spiro atoms. The van der Waals surface area contributed by atoms with Crippen LogP contribution in [0.3, 0.4) is 0 Å². The third-order valence-corrected chi connectivity index (χ3v) is 2.81. The largest absolute Gasteiger partial charge is 0.374 e. The Kier molecular flexibility index (Phi) is 4.81. The van der Waals surface area contributed by atoms with Crippen LogP contribution in [-0.2, 0) is 11.3 Å². The second-order valence-corrected chi connectivity index (χ2v) is 4.34. The molecule has 0 aliphatic heterocycles. The maximum Gasteiger partial charge on any atom is 0.239 e. The lowest BCUT2D eigenvalue weighted by Gasteiger charge is -2.09. The fraction of sp³-hybridized carbons (Fsp3) is 0.133. The standard InChI is InChI=1S/C15H13F3N2O/c16-11-6-7-12(15(18)14(11)17)19-9-13(21)20-8-10-4-2-1-3-5-10/h1-7,19H,8-9H2,(H,20,21). The number of carbonyl (C=O) groups is 1. The van der Waals surface area contributed by atoms with Crippen LogP contribution in [0.25, 0.3) is 0 Å². The molecule has 0 saturated heterocycles. The summed E-state index contributed by atoms with van der Waals surface area (Å²) >= 11 is 0.